The first-order valence-corrected chi connectivity index (χ1v) is 7.09. The van der Waals surface area contributed by atoms with Crippen molar-refractivity contribution >= 4 is 17.6 Å². The second-order valence-electron chi connectivity index (χ2n) is 4.87. The molecule has 2 rings (SSSR count). The Hall–Kier alpha value is -2.82. The highest BCUT2D eigenvalue weighted by molar-refractivity contribution is 5.92. The maximum Gasteiger partial charge on any atom is 0.319 e. The maximum atomic E-state index is 11.8. The predicted molar refractivity (Wildman–Crippen MR) is 86.5 cm³/mol. The lowest BCUT2D eigenvalue weighted by Crippen LogP contribution is -2.39. The molecular formula is C17H19N3O2. The van der Waals surface area contributed by atoms with Gasteiger partial charge in [-0.1, -0.05) is 48.5 Å². The molecule has 0 saturated heterocycles. The van der Waals surface area contributed by atoms with E-state index in [2.05, 4.69) is 16.0 Å². The van der Waals surface area contributed by atoms with Crippen LogP contribution >= 0.6 is 0 Å². The molecule has 5 nitrogen and oxygen atoms in total. The molecule has 0 radical (unpaired) electrons. The standard InChI is InChI=1S/C17H19N3O2/c1-13(14-8-4-2-5-9-14)19-16(21)12-18-17(22)20-15-10-6-3-7-11-15/h2-11,13H,12H2,1H3,(H,19,21)(H2,18,20,22)/t13-/m1/s1. The van der Waals surface area contributed by atoms with Crippen LogP contribution in [-0.2, 0) is 4.79 Å². The van der Waals surface area contributed by atoms with Gasteiger partial charge in [0.1, 0.15) is 0 Å². The quantitative estimate of drug-likeness (QED) is 0.794. The monoisotopic (exact) mass is 297 g/mol. The number of benzene rings is 2. The topological polar surface area (TPSA) is 70.2 Å². The molecule has 2 aromatic rings. The summed E-state index contributed by atoms with van der Waals surface area (Å²) in [4.78, 5) is 23.5. The van der Waals surface area contributed by atoms with Crippen LogP contribution in [-0.4, -0.2) is 18.5 Å². The third-order valence-corrected chi connectivity index (χ3v) is 3.12. The van der Waals surface area contributed by atoms with Crippen molar-refractivity contribution in [2.45, 2.75) is 13.0 Å². The SMILES string of the molecule is C[C@@H](NC(=O)CNC(=O)Nc1ccccc1)c1ccccc1. The van der Waals surface area contributed by atoms with Crippen LogP contribution in [0.1, 0.15) is 18.5 Å². The second-order valence-corrected chi connectivity index (χ2v) is 4.87. The summed E-state index contributed by atoms with van der Waals surface area (Å²) in [7, 11) is 0. The Morgan fingerprint density at radius 1 is 0.955 bits per heavy atom. The van der Waals surface area contributed by atoms with Gasteiger partial charge in [-0.3, -0.25) is 4.79 Å². The zero-order valence-corrected chi connectivity index (χ0v) is 12.4. The van der Waals surface area contributed by atoms with Crippen molar-refractivity contribution in [2.75, 3.05) is 11.9 Å². The summed E-state index contributed by atoms with van der Waals surface area (Å²) in [6, 6.07) is 18.2. The molecule has 5 heteroatoms. The average Bonchev–Trinajstić information content (AvgIpc) is 2.55. The summed E-state index contributed by atoms with van der Waals surface area (Å²) in [6.45, 7) is 1.83. The highest BCUT2D eigenvalue weighted by Crippen LogP contribution is 2.10. The van der Waals surface area contributed by atoms with Crippen molar-refractivity contribution in [3.05, 3.63) is 66.2 Å². The summed E-state index contributed by atoms with van der Waals surface area (Å²) in [5.74, 6) is -0.237. The molecule has 0 saturated carbocycles. The molecule has 3 N–H and O–H groups in total. The molecule has 1 atom stereocenters. The van der Waals surface area contributed by atoms with Crippen LogP contribution in [0.25, 0.3) is 0 Å². The second kappa shape index (κ2) is 7.83. The first-order chi connectivity index (χ1) is 10.6. The van der Waals surface area contributed by atoms with Crippen molar-refractivity contribution in [1.29, 1.82) is 0 Å². The summed E-state index contributed by atoms with van der Waals surface area (Å²) in [5.41, 5.74) is 1.70. The Bertz CT molecular complexity index is 614. The Morgan fingerprint density at radius 3 is 2.18 bits per heavy atom. The Labute approximate surface area is 129 Å². The van der Waals surface area contributed by atoms with E-state index in [-0.39, 0.29) is 18.5 Å². The van der Waals surface area contributed by atoms with Crippen molar-refractivity contribution in [3.63, 3.8) is 0 Å². The van der Waals surface area contributed by atoms with E-state index in [1.54, 1.807) is 12.1 Å². The van der Waals surface area contributed by atoms with Gasteiger partial charge in [0.15, 0.2) is 0 Å². The van der Waals surface area contributed by atoms with E-state index < -0.39 is 6.03 Å². The number of para-hydroxylation sites is 1. The smallest absolute Gasteiger partial charge is 0.319 e. The molecule has 0 aliphatic rings. The Morgan fingerprint density at radius 2 is 1.55 bits per heavy atom. The largest absolute Gasteiger partial charge is 0.348 e. The van der Waals surface area contributed by atoms with E-state index in [0.29, 0.717) is 5.69 Å². The highest BCUT2D eigenvalue weighted by atomic mass is 16.2. The fourth-order valence-corrected chi connectivity index (χ4v) is 1.97. The normalized spacial score (nSPS) is 11.3. The molecule has 3 amide bonds. The van der Waals surface area contributed by atoms with Crippen LogP contribution in [0.5, 0.6) is 0 Å². The van der Waals surface area contributed by atoms with Gasteiger partial charge in [-0.15, -0.1) is 0 Å². The lowest BCUT2D eigenvalue weighted by atomic mass is 10.1. The van der Waals surface area contributed by atoms with Crippen LogP contribution in [0.4, 0.5) is 10.5 Å². The average molecular weight is 297 g/mol. The van der Waals surface area contributed by atoms with E-state index >= 15 is 0 Å². The summed E-state index contributed by atoms with van der Waals surface area (Å²) < 4.78 is 0. The van der Waals surface area contributed by atoms with E-state index in [4.69, 9.17) is 0 Å². The fourth-order valence-electron chi connectivity index (χ4n) is 1.97. The molecule has 0 aromatic heterocycles. The molecule has 0 aliphatic heterocycles. The number of urea groups is 1. The molecule has 0 aliphatic carbocycles. The molecule has 0 unspecified atom stereocenters. The van der Waals surface area contributed by atoms with Gasteiger partial charge in [0.05, 0.1) is 12.6 Å². The van der Waals surface area contributed by atoms with Gasteiger partial charge in [-0.05, 0) is 24.6 Å². The van der Waals surface area contributed by atoms with Gasteiger partial charge < -0.3 is 16.0 Å². The lowest BCUT2D eigenvalue weighted by molar-refractivity contribution is -0.120. The molecule has 0 fully saturated rings. The van der Waals surface area contributed by atoms with Crippen molar-refractivity contribution < 1.29 is 9.59 Å². The molecule has 22 heavy (non-hydrogen) atoms. The number of anilines is 1. The summed E-state index contributed by atoms with van der Waals surface area (Å²) in [5, 5.41) is 8.01. The zero-order valence-electron chi connectivity index (χ0n) is 12.4. The van der Waals surface area contributed by atoms with Gasteiger partial charge in [0, 0.05) is 5.69 Å². The van der Waals surface area contributed by atoms with E-state index in [9.17, 15) is 9.59 Å². The fraction of sp³-hybridized carbons (Fsp3) is 0.176. The van der Waals surface area contributed by atoms with E-state index in [1.807, 2.05) is 55.5 Å². The van der Waals surface area contributed by atoms with Gasteiger partial charge >= 0.3 is 6.03 Å². The lowest BCUT2D eigenvalue weighted by Gasteiger charge is -2.14. The van der Waals surface area contributed by atoms with E-state index in [0.717, 1.165) is 5.56 Å². The minimum atomic E-state index is -0.409. The number of carbonyl (C=O) groups is 2. The van der Waals surface area contributed by atoms with Crippen LogP contribution in [0.2, 0.25) is 0 Å². The minimum absolute atomic E-state index is 0.0736. The van der Waals surface area contributed by atoms with Gasteiger partial charge in [-0.2, -0.15) is 0 Å². The first-order valence-electron chi connectivity index (χ1n) is 7.09. The molecular weight excluding hydrogens is 278 g/mol. The molecule has 0 heterocycles. The first kappa shape index (κ1) is 15.6. The summed E-state index contributed by atoms with van der Waals surface area (Å²) in [6.07, 6.45) is 0. The van der Waals surface area contributed by atoms with Gasteiger partial charge in [0.2, 0.25) is 5.91 Å². The third-order valence-electron chi connectivity index (χ3n) is 3.12. The molecule has 0 spiro atoms. The number of hydrogen-bond donors (Lipinski definition) is 3. The number of rotatable bonds is 5. The van der Waals surface area contributed by atoms with Crippen LogP contribution in [0.3, 0.4) is 0 Å². The molecule has 114 valence electrons. The van der Waals surface area contributed by atoms with Crippen LogP contribution < -0.4 is 16.0 Å². The molecule has 0 bridgehead atoms. The number of amides is 3. The third kappa shape index (κ3) is 4.94. The number of carbonyl (C=O) groups excluding carboxylic acids is 2. The molecule has 2 aromatic carbocycles. The summed E-state index contributed by atoms with van der Waals surface area (Å²) >= 11 is 0. The predicted octanol–water partition coefficient (Wildman–Crippen LogP) is 2.69. The van der Waals surface area contributed by atoms with Crippen molar-refractivity contribution in [2.24, 2.45) is 0 Å². The van der Waals surface area contributed by atoms with E-state index in [1.165, 1.54) is 0 Å². The zero-order chi connectivity index (χ0) is 15.8. The number of nitrogens with one attached hydrogen (secondary N) is 3. The Kier molecular flexibility index (Phi) is 5.54. The van der Waals surface area contributed by atoms with Crippen molar-refractivity contribution in [1.82, 2.24) is 10.6 Å². The maximum absolute atomic E-state index is 11.8. The number of hydrogen-bond acceptors (Lipinski definition) is 2. The van der Waals surface area contributed by atoms with Crippen LogP contribution in [0, 0.1) is 0 Å². The Balaban J connectivity index is 1.74. The highest BCUT2D eigenvalue weighted by Gasteiger charge is 2.10. The van der Waals surface area contributed by atoms with Crippen LogP contribution in [0.15, 0.2) is 60.7 Å². The minimum Gasteiger partial charge on any atom is -0.348 e. The van der Waals surface area contributed by atoms with Gasteiger partial charge in [-0.25, -0.2) is 4.79 Å². The van der Waals surface area contributed by atoms with Gasteiger partial charge in [0.25, 0.3) is 0 Å². The van der Waals surface area contributed by atoms with Crippen molar-refractivity contribution in [3.8, 4) is 0 Å².